The van der Waals surface area contributed by atoms with Crippen LogP contribution in [0.2, 0.25) is 0 Å². The Hall–Kier alpha value is -0.880. The molecule has 88 valence electrons. The van der Waals surface area contributed by atoms with Crippen LogP contribution in [0, 0.1) is 3.57 Å². The number of halogens is 2. The van der Waals surface area contributed by atoms with Crippen molar-refractivity contribution in [1.29, 1.82) is 0 Å². The van der Waals surface area contributed by atoms with Crippen molar-refractivity contribution in [3.05, 3.63) is 45.8 Å². The molecule has 0 fully saturated rings. The molecule has 0 radical (unpaired) electrons. The van der Waals surface area contributed by atoms with E-state index in [1.54, 1.807) is 12.4 Å². The Morgan fingerprint density at radius 3 is 2.53 bits per heavy atom. The van der Waals surface area contributed by atoms with E-state index in [9.17, 15) is 0 Å². The normalized spacial score (nSPS) is 12.2. The lowest BCUT2D eigenvalue weighted by molar-refractivity contribution is 1.08. The third-order valence-corrected chi connectivity index (χ3v) is 3.05. The second kappa shape index (κ2) is 5.64. The number of hydrogen-bond donors (Lipinski definition) is 1. The van der Waals surface area contributed by atoms with Gasteiger partial charge in [-0.25, -0.2) is 9.97 Å². The number of nitrogens with one attached hydrogen (secondary N) is 1. The molecule has 1 heterocycles. The summed E-state index contributed by atoms with van der Waals surface area (Å²) in [6.07, 6.45) is 3.53. The summed E-state index contributed by atoms with van der Waals surface area (Å²) in [6.45, 7) is 1.94. The molecule has 3 nitrogen and oxygen atoms in total. The van der Waals surface area contributed by atoms with Crippen LogP contribution in [-0.2, 0) is 0 Å². The van der Waals surface area contributed by atoms with Gasteiger partial charge < -0.3 is 5.32 Å². The first-order valence-corrected chi connectivity index (χ1v) is 6.66. The van der Waals surface area contributed by atoms with Gasteiger partial charge in [-0.3, -0.25) is 0 Å². The second-order valence-corrected chi connectivity index (χ2v) is 5.45. The average molecular weight is 360 g/mol. The summed E-state index contributed by atoms with van der Waals surface area (Å²) in [5, 5.41) is 3.12. The molecule has 0 amide bonds. The van der Waals surface area contributed by atoms with Crippen molar-refractivity contribution >= 4 is 45.8 Å². The highest BCUT2D eigenvalue weighted by Crippen LogP contribution is 2.28. The first-order chi connectivity index (χ1) is 8.16. The van der Waals surface area contributed by atoms with Crippen LogP contribution in [0.3, 0.4) is 0 Å². The Labute approximate surface area is 119 Å². The number of hydrogen-bond acceptors (Lipinski definition) is 3. The van der Waals surface area contributed by atoms with Gasteiger partial charge in [-0.2, -0.15) is 0 Å². The van der Waals surface area contributed by atoms with Crippen LogP contribution in [0.1, 0.15) is 17.9 Å². The maximum absolute atomic E-state index is 6.12. The molecule has 0 bridgehead atoms. The molecule has 0 saturated carbocycles. The van der Waals surface area contributed by atoms with Gasteiger partial charge in [0, 0.05) is 21.7 Å². The Morgan fingerprint density at radius 2 is 1.88 bits per heavy atom. The summed E-state index contributed by atoms with van der Waals surface area (Å²) in [4.78, 5) is 8.40. The zero-order chi connectivity index (χ0) is 12.3. The van der Waals surface area contributed by atoms with Crippen molar-refractivity contribution < 1.29 is 0 Å². The third kappa shape index (κ3) is 3.29. The molecule has 0 spiro atoms. The van der Waals surface area contributed by atoms with Gasteiger partial charge in [0.2, 0.25) is 5.95 Å². The average Bonchev–Trinajstić information content (AvgIpc) is 2.32. The summed E-state index contributed by atoms with van der Waals surface area (Å²) in [7, 11) is 0. The molecular weight excluding hydrogens is 349 g/mol. The molecule has 1 N–H and O–H groups in total. The van der Waals surface area contributed by atoms with Crippen molar-refractivity contribution in [2.75, 3.05) is 5.32 Å². The number of nitrogens with zero attached hydrogens (tertiary/aromatic N) is 2. The summed E-state index contributed by atoms with van der Waals surface area (Å²) < 4.78 is 1.01. The highest BCUT2D eigenvalue weighted by Gasteiger charge is 2.08. The monoisotopic (exact) mass is 359 g/mol. The molecule has 0 aliphatic heterocycles. The second-order valence-electron chi connectivity index (χ2n) is 3.55. The van der Waals surface area contributed by atoms with Crippen molar-refractivity contribution in [3.8, 4) is 0 Å². The van der Waals surface area contributed by atoms with E-state index in [1.165, 1.54) is 0 Å². The molecule has 5 heteroatoms. The highest BCUT2D eigenvalue weighted by molar-refractivity contribution is 14.1. The minimum absolute atomic E-state index is 0.0532. The van der Waals surface area contributed by atoms with Crippen molar-refractivity contribution in [1.82, 2.24) is 9.97 Å². The minimum Gasteiger partial charge on any atom is -0.324 e. The summed E-state index contributed by atoms with van der Waals surface area (Å²) >= 11 is 8.29. The predicted octanol–water partition coefficient (Wildman–Crippen LogP) is 4.12. The number of rotatable bonds is 3. The molecule has 1 aromatic carbocycles. The number of aromatic nitrogens is 2. The number of anilines is 2. The fraction of sp³-hybridized carbons (Fsp3) is 0.167. The van der Waals surface area contributed by atoms with E-state index < -0.39 is 0 Å². The van der Waals surface area contributed by atoms with Crippen molar-refractivity contribution in [3.63, 3.8) is 0 Å². The molecule has 1 aromatic heterocycles. The predicted molar refractivity (Wildman–Crippen MR) is 78.7 cm³/mol. The van der Waals surface area contributed by atoms with E-state index in [2.05, 4.69) is 37.9 Å². The molecule has 17 heavy (non-hydrogen) atoms. The molecule has 0 aliphatic carbocycles. The van der Waals surface area contributed by atoms with Gasteiger partial charge in [-0.1, -0.05) is 18.2 Å². The van der Waals surface area contributed by atoms with E-state index >= 15 is 0 Å². The number of alkyl halides is 1. The summed E-state index contributed by atoms with van der Waals surface area (Å²) in [6, 6.07) is 7.88. The molecule has 2 aromatic rings. The third-order valence-electron chi connectivity index (χ3n) is 2.26. The molecule has 1 unspecified atom stereocenters. The molecule has 0 aliphatic rings. The lowest BCUT2D eigenvalue weighted by atomic mass is 10.1. The van der Waals surface area contributed by atoms with Crippen LogP contribution in [0.15, 0.2) is 36.7 Å². The van der Waals surface area contributed by atoms with Crippen LogP contribution in [0.4, 0.5) is 11.6 Å². The van der Waals surface area contributed by atoms with Gasteiger partial charge >= 0.3 is 0 Å². The van der Waals surface area contributed by atoms with Crippen LogP contribution in [-0.4, -0.2) is 9.97 Å². The Morgan fingerprint density at radius 1 is 1.24 bits per heavy atom. The van der Waals surface area contributed by atoms with E-state index in [0.29, 0.717) is 5.95 Å². The van der Waals surface area contributed by atoms with Crippen LogP contribution in [0.25, 0.3) is 0 Å². The fourth-order valence-corrected chi connectivity index (χ4v) is 1.92. The zero-order valence-corrected chi connectivity index (χ0v) is 12.1. The van der Waals surface area contributed by atoms with Gasteiger partial charge in [0.15, 0.2) is 0 Å². The van der Waals surface area contributed by atoms with Gasteiger partial charge in [0.25, 0.3) is 0 Å². The minimum atomic E-state index is -0.0532. The maximum atomic E-state index is 6.12. The summed E-state index contributed by atoms with van der Waals surface area (Å²) in [5.41, 5.74) is 1.98. The Balaban J connectivity index is 2.26. The van der Waals surface area contributed by atoms with E-state index in [0.717, 1.165) is 14.8 Å². The Kier molecular flexibility index (Phi) is 4.17. The van der Waals surface area contributed by atoms with E-state index in [1.807, 2.05) is 31.2 Å². The number of benzene rings is 1. The smallest absolute Gasteiger partial charge is 0.227 e. The quantitative estimate of drug-likeness (QED) is 0.661. The zero-order valence-electron chi connectivity index (χ0n) is 9.19. The standard InChI is InChI=1S/C12H11ClIN3/c1-8(13)10-4-2-3-5-11(10)17-12-15-6-9(14)7-16-12/h2-8H,1H3,(H,15,16,17). The molecular formula is C12H11ClIN3. The first kappa shape index (κ1) is 12.6. The van der Waals surface area contributed by atoms with Gasteiger partial charge in [0.1, 0.15) is 0 Å². The van der Waals surface area contributed by atoms with E-state index in [-0.39, 0.29) is 5.38 Å². The van der Waals surface area contributed by atoms with Gasteiger partial charge in [-0.15, -0.1) is 11.6 Å². The summed E-state index contributed by atoms with van der Waals surface area (Å²) in [5.74, 6) is 0.579. The number of para-hydroxylation sites is 1. The van der Waals surface area contributed by atoms with Crippen LogP contribution in [0.5, 0.6) is 0 Å². The maximum Gasteiger partial charge on any atom is 0.227 e. The first-order valence-electron chi connectivity index (χ1n) is 5.14. The van der Waals surface area contributed by atoms with E-state index in [4.69, 9.17) is 11.6 Å². The molecule has 2 rings (SSSR count). The van der Waals surface area contributed by atoms with Crippen LogP contribution >= 0.6 is 34.2 Å². The Bertz CT molecular complexity index is 499. The van der Waals surface area contributed by atoms with Crippen LogP contribution < -0.4 is 5.32 Å². The lowest BCUT2D eigenvalue weighted by Gasteiger charge is -2.12. The SMILES string of the molecule is CC(Cl)c1ccccc1Nc1ncc(I)cn1. The highest BCUT2D eigenvalue weighted by atomic mass is 127. The largest absolute Gasteiger partial charge is 0.324 e. The van der Waals surface area contributed by atoms with Crippen molar-refractivity contribution in [2.24, 2.45) is 0 Å². The lowest BCUT2D eigenvalue weighted by Crippen LogP contribution is -2.00. The molecule has 1 atom stereocenters. The topological polar surface area (TPSA) is 37.8 Å². The fourth-order valence-electron chi connectivity index (χ4n) is 1.45. The van der Waals surface area contributed by atoms with Gasteiger partial charge in [-0.05, 0) is 41.1 Å². The van der Waals surface area contributed by atoms with Gasteiger partial charge in [0.05, 0.1) is 5.38 Å². The molecule has 0 saturated heterocycles. The van der Waals surface area contributed by atoms with Crippen molar-refractivity contribution in [2.45, 2.75) is 12.3 Å².